The summed E-state index contributed by atoms with van der Waals surface area (Å²) in [6, 6.07) is 3.57. The van der Waals surface area contributed by atoms with Crippen LogP contribution < -0.4 is 10.8 Å². The zero-order valence-corrected chi connectivity index (χ0v) is 15.8. The van der Waals surface area contributed by atoms with Crippen LogP contribution in [0.1, 0.15) is 54.0 Å². The molecule has 1 saturated heterocycles. The number of hydrogen-bond donors (Lipinski definition) is 1. The van der Waals surface area contributed by atoms with Gasteiger partial charge in [0, 0.05) is 11.7 Å². The number of carbonyl (C=O) groups excluding carboxylic acids is 1. The molecule has 0 atom stereocenters. The van der Waals surface area contributed by atoms with Crippen LogP contribution in [0.25, 0.3) is 0 Å². The van der Waals surface area contributed by atoms with Crippen LogP contribution in [0.2, 0.25) is 0 Å². The molecule has 2 rings (SSSR count). The Bertz CT molecular complexity index is 704. The minimum Gasteiger partial charge on any atom is -0.444 e. The van der Waals surface area contributed by atoms with Crippen molar-refractivity contribution in [3.63, 3.8) is 0 Å². The lowest BCUT2D eigenvalue weighted by atomic mass is 9.77. The van der Waals surface area contributed by atoms with E-state index >= 15 is 0 Å². The van der Waals surface area contributed by atoms with Gasteiger partial charge in [-0.2, -0.15) is 5.26 Å². The summed E-state index contributed by atoms with van der Waals surface area (Å²) < 4.78 is 17.1. The second kappa shape index (κ2) is 6.32. The fraction of sp³-hybridized carbons (Fsp3) is 0.588. The highest BCUT2D eigenvalue weighted by molar-refractivity contribution is 6.62. The van der Waals surface area contributed by atoms with Crippen LogP contribution in [-0.4, -0.2) is 35.0 Å². The molecule has 8 heteroatoms. The van der Waals surface area contributed by atoms with Crippen LogP contribution in [0.5, 0.6) is 0 Å². The summed E-state index contributed by atoms with van der Waals surface area (Å²) in [5, 5.41) is 12.0. The first kappa shape index (κ1) is 19.2. The lowest BCUT2D eigenvalue weighted by Crippen LogP contribution is -2.41. The van der Waals surface area contributed by atoms with Crippen LogP contribution in [0, 0.1) is 11.3 Å². The third kappa shape index (κ3) is 4.30. The number of rotatable bonds is 2. The van der Waals surface area contributed by atoms with Gasteiger partial charge in [-0.15, -0.1) is 0 Å². The third-order valence-corrected chi connectivity index (χ3v) is 4.19. The first-order chi connectivity index (χ1) is 11.3. The highest BCUT2D eigenvalue weighted by Crippen LogP contribution is 2.36. The summed E-state index contributed by atoms with van der Waals surface area (Å²) in [5.41, 5.74) is -0.809. The number of carbonyl (C=O) groups is 1. The Kier molecular flexibility index (Phi) is 4.86. The van der Waals surface area contributed by atoms with Gasteiger partial charge in [-0.05, 0) is 54.5 Å². The summed E-state index contributed by atoms with van der Waals surface area (Å²) in [4.78, 5) is 16.0. The molecule has 1 fully saturated rings. The van der Waals surface area contributed by atoms with E-state index in [0.717, 1.165) is 0 Å². The zero-order chi connectivity index (χ0) is 19.0. The second-order valence-corrected chi connectivity index (χ2v) is 7.98. The first-order valence-electron chi connectivity index (χ1n) is 8.10. The summed E-state index contributed by atoms with van der Waals surface area (Å²) in [7, 11) is -0.692. The number of amides is 1. The minimum atomic E-state index is -0.692. The number of nitrogens with one attached hydrogen (secondary N) is 1. The van der Waals surface area contributed by atoms with E-state index in [1.165, 1.54) is 12.3 Å². The average Bonchev–Trinajstić information content (AvgIpc) is 2.64. The van der Waals surface area contributed by atoms with E-state index in [-0.39, 0.29) is 5.82 Å². The Labute approximate surface area is 148 Å². The third-order valence-electron chi connectivity index (χ3n) is 4.19. The van der Waals surface area contributed by atoms with E-state index in [1.807, 2.05) is 27.7 Å². The Morgan fingerprint density at radius 1 is 1.28 bits per heavy atom. The van der Waals surface area contributed by atoms with Crippen molar-refractivity contribution < 1.29 is 18.8 Å². The van der Waals surface area contributed by atoms with Crippen LogP contribution in [0.15, 0.2) is 12.3 Å². The van der Waals surface area contributed by atoms with Crippen LogP contribution in [0.3, 0.4) is 0 Å². The van der Waals surface area contributed by atoms with Gasteiger partial charge in [-0.1, -0.05) is 0 Å². The number of aromatic nitrogens is 1. The van der Waals surface area contributed by atoms with Crippen molar-refractivity contribution in [3.8, 4) is 6.07 Å². The maximum Gasteiger partial charge on any atom is 0.497 e. The number of ether oxygens (including phenoxy) is 1. The lowest BCUT2D eigenvalue weighted by molar-refractivity contribution is 0.00578. The molecule has 0 aromatic carbocycles. The van der Waals surface area contributed by atoms with E-state index in [4.69, 9.17) is 14.0 Å². The highest BCUT2D eigenvalue weighted by Gasteiger charge is 2.52. The molecular weight excluding hydrogens is 321 g/mol. The van der Waals surface area contributed by atoms with Gasteiger partial charge in [0.25, 0.3) is 0 Å². The fourth-order valence-electron chi connectivity index (χ4n) is 2.20. The normalized spacial score (nSPS) is 18.6. The summed E-state index contributed by atoms with van der Waals surface area (Å²) in [5.74, 6) is 0.228. The molecule has 1 aliphatic rings. The Morgan fingerprint density at radius 3 is 2.32 bits per heavy atom. The standard InChI is InChI=1S/C17H24BN3O4/c1-15(2,3)23-14(22)21-13-8-11(9-19)12(10-20-13)18-24-16(4,5)17(6,7)25-18/h8,10H,1-7H3,(H,20,21,22). The van der Waals surface area contributed by atoms with Crippen LogP contribution in [-0.2, 0) is 14.0 Å². The van der Waals surface area contributed by atoms with Crippen molar-refractivity contribution in [2.75, 3.05) is 5.32 Å². The molecular formula is C17H24BN3O4. The first-order valence-corrected chi connectivity index (χ1v) is 8.10. The van der Waals surface area contributed by atoms with Gasteiger partial charge in [-0.25, -0.2) is 9.78 Å². The maximum atomic E-state index is 11.8. The van der Waals surface area contributed by atoms with Crippen molar-refractivity contribution in [1.82, 2.24) is 4.98 Å². The summed E-state index contributed by atoms with van der Waals surface area (Å²) in [6.07, 6.45) is 0.847. The largest absolute Gasteiger partial charge is 0.497 e. The van der Waals surface area contributed by atoms with Crippen LogP contribution in [0.4, 0.5) is 10.6 Å². The summed E-state index contributed by atoms with van der Waals surface area (Å²) >= 11 is 0. The van der Waals surface area contributed by atoms with Gasteiger partial charge in [0.2, 0.25) is 0 Å². The van der Waals surface area contributed by atoms with Gasteiger partial charge in [0.05, 0.1) is 22.8 Å². The average molecular weight is 345 g/mol. The number of nitriles is 1. The number of anilines is 1. The zero-order valence-electron chi connectivity index (χ0n) is 15.8. The molecule has 1 aliphatic heterocycles. The van der Waals surface area contributed by atoms with Gasteiger partial charge in [0.15, 0.2) is 0 Å². The number of nitrogens with zero attached hydrogens (tertiary/aromatic N) is 2. The molecule has 7 nitrogen and oxygen atoms in total. The minimum absolute atomic E-state index is 0.228. The second-order valence-electron chi connectivity index (χ2n) is 7.98. The van der Waals surface area contributed by atoms with E-state index in [9.17, 15) is 10.1 Å². The van der Waals surface area contributed by atoms with E-state index < -0.39 is 30.0 Å². The molecule has 2 heterocycles. The molecule has 0 aliphatic carbocycles. The predicted molar refractivity (Wildman–Crippen MR) is 94.5 cm³/mol. The Balaban J connectivity index is 2.21. The quantitative estimate of drug-likeness (QED) is 0.828. The Morgan fingerprint density at radius 2 is 1.84 bits per heavy atom. The van der Waals surface area contributed by atoms with Crippen molar-refractivity contribution in [2.45, 2.75) is 65.3 Å². The molecule has 1 amide bonds. The van der Waals surface area contributed by atoms with Crippen molar-refractivity contribution in [2.24, 2.45) is 0 Å². The SMILES string of the molecule is CC(C)(C)OC(=O)Nc1cc(C#N)c(B2OC(C)(C)C(C)(C)O2)cn1. The summed E-state index contributed by atoms with van der Waals surface area (Å²) in [6.45, 7) is 13.0. The lowest BCUT2D eigenvalue weighted by Gasteiger charge is -2.32. The van der Waals surface area contributed by atoms with E-state index in [1.54, 1.807) is 20.8 Å². The topological polar surface area (TPSA) is 93.5 Å². The molecule has 0 radical (unpaired) electrons. The predicted octanol–water partition coefficient (Wildman–Crippen LogP) is 2.60. The molecule has 0 saturated carbocycles. The van der Waals surface area contributed by atoms with Gasteiger partial charge >= 0.3 is 13.2 Å². The molecule has 134 valence electrons. The van der Waals surface area contributed by atoms with Gasteiger partial charge in [-0.3, -0.25) is 5.32 Å². The fourth-order valence-corrected chi connectivity index (χ4v) is 2.20. The smallest absolute Gasteiger partial charge is 0.444 e. The molecule has 1 aromatic heterocycles. The maximum absolute atomic E-state index is 11.8. The van der Waals surface area contributed by atoms with Gasteiger partial charge in [0.1, 0.15) is 11.4 Å². The van der Waals surface area contributed by atoms with Crippen molar-refractivity contribution in [3.05, 3.63) is 17.8 Å². The number of hydrogen-bond acceptors (Lipinski definition) is 6. The molecule has 1 N–H and O–H groups in total. The van der Waals surface area contributed by atoms with Gasteiger partial charge < -0.3 is 14.0 Å². The molecule has 25 heavy (non-hydrogen) atoms. The van der Waals surface area contributed by atoms with Crippen LogP contribution >= 0.6 is 0 Å². The molecule has 0 spiro atoms. The highest BCUT2D eigenvalue weighted by atomic mass is 16.7. The molecule has 1 aromatic rings. The van der Waals surface area contributed by atoms with Crippen molar-refractivity contribution >= 4 is 24.5 Å². The monoisotopic (exact) mass is 345 g/mol. The van der Waals surface area contributed by atoms with Crippen molar-refractivity contribution in [1.29, 1.82) is 5.26 Å². The molecule has 0 bridgehead atoms. The van der Waals surface area contributed by atoms with E-state index in [0.29, 0.717) is 11.0 Å². The number of pyridine rings is 1. The van der Waals surface area contributed by atoms with E-state index in [2.05, 4.69) is 16.4 Å². The molecule has 0 unspecified atom stereocenters. The Hall–Kier alpha value is -2.11.